The van der Waals surface area contributed by atoms with Gasteiger partial charge in [0.2, 0.25) is 10.0 Å². The van der Waals surface area contributed by atoms with Crippen molar-refractivity contribution in [1.82, 2.24) is 9.62 Å². The van der Waals surface area contributed by atoms with Crippen LogP contribution in [0.2, 0.25) is 0 Å². The Morgan fingerprint density at radius 2 is 1.69 bits per heavy atom. The summed E-state index contributed by atoms with van der Waals surface area (Å²) in [6.45, 7) is 8.43. The molecule has 2 aliphatic rings. The Kier molecular flexibility index (Phi) is 8.55. The zero-order valence-corrected chi connectivity index (χ0v) is 17.7. The van der Waals surface area contributed by atoms with Gasteiger partial charge in [-0.05, 0) is 58.0 Å². The number of unbranched alkanes of at least 4 members (excludes halogenated alkanes) is 2. The third-order valence-electron chi connectivity index (χ3n) is 6.18. The number of carbonyl (C=O) groups excluding carboxylic acids is 1. The topological polar surface area (TPSA) is 66.5 Å². The number of sulfonamides is 1. The van der Waals surface area contributed by atoms with Crippen LogP contribution >= 0.6 is 0 Å². The van der Waals surface area contributed by atoms with Crippen molar-refractivity contribution in [3.8, 4) is 0 Å². The van der Waals surface area contributed by atoms with Crippen molar-refractivity contribution in [1.29, 1.82) is 0 Å². The lowest BCUT2D eigenvalue weighted by atomic mass is 9.80. The van der Waals surface area contributed by atoms with Gasteiger partial charge in [-0.3, -0.25) is 4.79 Å². The van der Waals surface area contributed by atoms with Crippen LogP contribution in [0.3, 0.4) is 0 Å². The number of carbonyl (C=O) groups is 1. The normalized spacial score (nSPS) is 26.3. The van der Waals surface area contributed by atoms with E-state index < -0.39 is 10.0 Å². The predicted molar refractivity (Wildman–Crippen MR) is 109 cm³/mol. The average molecular weight is 389 g/mol. The molecule has 0 aromatic carbocycles. The first-order chi connectivity index (χ1) is 12.3. The van der Waals surface area contributed by atoms with Crippen molar-refractivity contribution in [2.24, 2.45) is 11.8 Å². The van der Waals surface area contributed by atoms with Crippen molar-refractivity contribution >= 4 is 15.8 Å². The molecule has 0 unspecified atom stereocenters. The molecule has 2 fully saturated rings. The second-order valence-electron chi connectivity index (χ2n) is 8.44. The lowest BCUT2D eigenvalue weighted by molar-refractivity contribution is -0.127. The SMILES string of the molecule is CCCCCNS(=O)(=O)C1CCN(C2CCC(C(=O)C(C)C)CC2)CC1.[HH]. The number of hydrogen-bond donors (Lipinski definition) is 1. The molecule has 0 atom stereocenters. The van der Waals surface area contributed by atoms with Gasteiger partial charge in [0, 0.05) is 25.8 Å². The van der Waals surface area contributed by atoms with Crippen LogP contribution in [0.4, 0.5) is 0 Å². The smallest absolute Gasteiger partial charge is 0.214 e. The quantitative estimate of drug-likeness (QED) is 0.613. The Bertz CT molecular complexity index is 537. The van der Waals surface area contributed by atoms with Crippen LogP contribution in [0.25, 0.3) is 0 Å². The molecule has 2 rings (SSSR count). The number of hydrogen-bond acceptors (Lipinski definition) is 4. The van der Waals surface area contributed by atoms with Gasteiger partial charge in [0.1, 0.15) is 5.78 Å². The predicted octanol–water partition coefficient (Wildman–Crippen LogP) is 3.59. The molecule has 1 aliphatic carbocycles. The van der Waals surface area contributed by atoms with E-state index in [1.807, 2.05) is 13.8 Å². The number of Topliss-reactive ketones (excluding diaryl/α,β-unsaturated/α-hetero) is 1. The van der Waals surface area contributed by atoms with Gasteiger partial charge in [-0.25, -0.2) is 13.1 Å². The molecule has 0 bridgehead atoms. The fraction of sp³-hybridized carbons (Fsp3) is 0.950. The van der Waals surface area contributed by atoms with Gasteiger partial charge in [-0.2, -0.15) is 0 Å². The van der Waals surface area contributed by atoms with Crippen LogP contribution in [0.15, 0.2) is 0 Å². The fourth-order valence-corrected chi connectivity index (χ4v) is 5.95. The van der Waals surface area contributed by atoms with Crippen LogP contribution in [-0.4, -0.2) is 50.0 Å². The highest BCUT2D eigenvalue weighted by molar-refractivity contribution is 7.90. The monoisotopic (exact) mass is 388 g/mol. The van der Waals surface area contributed by atoms with E-state index in [0.29, 0.717) is 18.4 Å². The summed E-state index contributed by atoms with van der Waals surface area (Å²) >= 11 is 0. The molecule has 0 amide bonds. The van der Waals surface area contributed by atoms with E-state index in [-0.39, 0.29) is 18.5 Å². The van der Waals surface area contributed by atoms with E-state index in [1.54, 1.807) is 0 Å². The fourth-order valence-electron chi connectivity index (χ4n) is 4.46. The molecule has 0 spiro atoms. The van der Waals surface area contributed by atoms with Gasteiger partial charge >= 0.3 is 0 Å². The van der Waals surface area contributed by atoms with E-state index in [4.69, 9.17) is 0 Å². The molecular formula is C20H40N2O3S. The molecule has 5 nitrogen and oxygen atoms in total. The van der Waals surface area contributed by atoms with E-state index in [9.17, 15) is 13.2 Å². The number of likely N-dealkylation sites (tertiary alicyclic amines) is 1. The lowest BCUT2D eigenvalue weighted by Crippen LogP contribution is -2.48. The summed E-state index contributed by atoms with van der Waals surface area (Å²) in [6, 6.07) is 0.535. The number of ketones is 1. The second-order valence-corrected chi connectivity index (χ2v) is 10.5. The molecule has 1 saturated heterocycles. The van der Waals surface area contributed by atoms with E-state index >= 15 is 0 Å². The molecule has 6 heteroatoms. The first-order valence-electron chi connectivity index (χ1n) is 10.6. The number of nitrogens with zero attached hydrogens (tertiary/aromatic N) is 1. The maximum absolute atomic E-state index is 12.4. The minimum Gasteiger partial charge on any atom is -0.300 e. The Morgan fingerprint density at radius 3 is 2.23 bits per heavy atom. The molecule has 0 aromatic rings. The maximum atomic E-state index is 12.4. The van der Waals surface area contributed by atoms with Gasteiger partial charge in [-0.1, -0.05) is 33.6 Å². The van der Waals surface area contributed by atoms with Gasteiger partial charge in [0.05, 0.1) is 5.25 Å². The van der Waals surface area contributed by atoms with E-state index in [2.05, 4.69) is 16.5 Å². The van der Waals surface area contributed by atoms with Crippen molar-refractivity contribution in [2.45, 2.75) is 89.9 Å². The summed E-state index contributed by atoms with van der Waals surface area (Å²) in [7, 11) is -3.17. The average Bonchev–Trinajstić information content (AvgIpc) is 2.65. The third kappa shape index (κ3) is 6.03. The minimum absolute atomic E-state index is 0. The molecule has 1 saturated carbocycles. The molecule has 1 N–H and O–H groups in total. The summed E-state index contributed by atoms with van der Waals surface area (Å²) < 4.78 is 27.7. The van der Waals surface area contributed by atoms with E-state index in [0.717, 1.165) is 70.9 Å². The number of nitrogens with one attached hydrogen (secondary N) is 1. The summed E-state index contributed by atoms with van der Waals surface area (Å²) in [5, 5.41) is -0.237. The van der Waals surface area contributed by atoms with Crippen LogP contribution < -0.4 is 4.72 Å². The van der Waals surface area contributed by atoms with E-state index in [1.165, 1.54) is 0 Å². The molecule has 0 radical (unpaired) electrons. The summed E-state index contributed by atoms with van der Waals surface area (Å²) in [5.41, 5.74) is 0. The molecule has 1 aliphatic heterocycles. The minimum atomic E-state index is -3.17. The standard InChI is InChI=1S/C20H38N2O3S.H2/c1-4-5-6-13-21-26(24,25)19-11-14-22(15-12-19)18-9-7-17(8-10-18)20(23)16(2)3;/h16-19,21H,4-15H2,1-3H3;1H. The zero-order chi connectivity index (χ0) is 19.2. The van der Waals surface area contributed by atoms with Crippen molar-refractivity contribution in [3.05, 3.63) is 0 Å². The van der Waals surface area contributed by atoms with Crippen molar-refractivity contribution in [3.63, 3.8) is 0 Å². The van der Waals surface area contributed by atoms with Gasteiger partial charge in [0.25, 0.3) is 0 Å². The van der Waals surface area contributed by atoms with Crippen LogP contribution in [0.5, 0.6) is 0 Å². The maximum Gasteiger partial charge on any atom is 0.214 e. The lowest BCUT2D eigenvalue weighted by Gasteiger charge is -2.40. The second kappa shape index (κ2) is 10.2. The highest BCUT2D eigenvalue weighted by atomic mass is 32.2. The summed E-state index contributed by atoms with van der Waals surface area (Å²) in [5.74, 6) is 0.807. The summed E-state index contributed by atoms with van der Waals surface area (Å²) in [4.78, 5) is 14.6. The molecule has 0 aromatic heterocycles. The molecule has 154 valence electrons. The first kappa shape index (κ1) is 21.8. The van der Waals surface area contributed by atoms with Crippen LogP contribution in [-0.2, 0) is 14.8 Å². The highest BCUT2D eigenvalue weighted by Gasteiger charge is 2.34. The highest BCUT2D eigenvalue weighted by Crippen LogP contribution is 2.31. The van der Waals surface area contributed by atoms with Gasteiger partial charge in [0.15, 0.2) is 0 Å². The molecule has 26 heavy (non-hydrogen) atoms. The Hall–Kier alpha value is -0.460. The third-order valence-corrected chi connectivity index (χ3v) is 8.14. The van der Waals surface area contributed by atoms with Crippen LogP contribution in [0, 0.1) is 11.8 Å². The van der Waals surface area contributed by atoms with Gasteiger partial charge < -0.3 is 4.90 Å². The first-order valence-corrected chi connectivity index (χ1v) is 12.2. The Labute approximate surface area is 161 Å². The summed E-state index contributed by atoms with van der Waals surface area (Å²) in [6.07, 6.45) is 8.71. The molecular weight excluding hydrogens is 348 g/mol. The Morgan fingerprint density at radius 1 is 1.08 bits per heavy atom. The Balaban J connectivity index is 0.00000364. The zero-order valence-electron chi connectivity index (χ0n) is 16.9. The van der Waals surface area contributed by atoms with Crippen molar-refractivity contribution in [2.75, 3.05) is 19.6 Å². The van der Waals surface area contributed by atoms with Gasteiger partial charge in [-0.15, -0.1) is 0 Å². The molecule has 1 heterocycles. The van der Waals surface area contributed by atoms with Crippen molar-refractivity contribution < 1.29 is 14.6 Å². The van der Waals surface area contributed by atoms with Crippen LogP contribution in [0.1, 0.15) is 80.0 Å². The number of rotatable bonds is 9. The largest absolute Gasteiger partial charge is 0.300 e. The number of piperidine rings is 1.